The van der Waals surface area contributed by atoms with Gasteiger partial charge in [-0.1, -0.05) is 60.7 Å². The fourth-order valence-corrected chi connectivity index (χ4v) is 3.28. The maximum absolute atomic E-state index is 2.55. The molecule has 0 spiro atoms. The molecule has 0 amide bonds. The van der Waals surface area contributed by atoms with Gasteiger partial charge in [-0.05, 0) is 24.0 Å². The Morgan fingerprint density at radius 2 is 1.37 bits per heavy atom. The van der Waals surface area contributed by atoms with E-state index in [4.69, 9.17) is 0 Å². The number of nitrogens with two attached hydrogens (primary N) is 1. The van der Waals surface area contributed by atoms with E-state index in [1.165, 1.54) is 36.9 Å². The molecule has 1 heterocycles. The molecule has 1 aliphatic rings. The first-order valence-electron chi connectivity index (χ1n) is 7.38. The zero-order chi connectivity index (χ0) is 12.9. The van der Waals surface area contributed by atoms with E-state index >= 15 is 0 Å². The SMILES string of the molecule is c1ccc(C(c2ccccc2)[C@H]2CCCC[NH2+]2)cc1. The van der Waals surface area contributed by atoms with Gasteiger partial charge < -0.3 is 5.32 Å². The van der Waals surface area contributed by atoms with E-state index in [1.807, 2.05) is 0 Å². The average Bonchev–Trinajstić information content (AvgIpc) is 2.51. The van der Waals surface area contributed by atoms with Gasteiger partial charge >= 0.3 is 0 Å². The highest BCUT2D eigenvalue weighted by atomic mass is 14.9. The van der Waals surface area contributed by atoms with E-state index < -0.39 is 0 Å². The van der Waals surface area contributed by atoms with Crippen LogP contribution in [0.3, 0.4) is 0 Å². The van der Waals surface area contributed by atoms with Crippen LogP contribution in [-0.4, -0.2) is 12.6 Å². The zero-order valence-corrected chi connectivity index (χ0v) is 11.3. The lowest BCUT2D eigenvalue weighted by Crippen LogP contribution is -2.92. The topological polar surface area (TPSA) is 16.6 Å². The Balaban J connectivity index is 1.96. The molecule has 2 N–H and O–H groups in total. The molecule has 3 rings (SSSR count). The fraction of sp³-hybridized carbons (Fsp3) is 0.333. The first-order chi connectivity index (χ1) is 9.45. The van der Waals surface area contributed by atoms with Crippen LogP contribution < -0.4 is 5.32 Å². The number of benzene rings is 2. The molecule has 1 heteroatoms. The maximum atomic E-state index is 2.55. The molecular weight excluding hydrogens is 230 g/mol. The van der Waals surface area contributed by atoms with Crippen LogP contribution in [0.25, 0.3) is 0 Å². The van der Waals surface area contributed by atoms with E-state index in [0.717, 1.165) is 0 Å². The van der Waals surface area contributed by atoms with Crippen molar-refractivity contribution >= 4 is 0 Å². The van der Waals surface area contributed by atoms with Crippen LogP contribution in [-0.2, 0) is 0 Å². The van der Waals surface area contributed by atoms with Crippen LogP contribution in [0.5, 0.6) is 0 Å². The van der Waals surface area contributed by atoms with E-state index in [1.54, 1.807) is 0 Å². The first-order valence-corrected chi connectivity index (χ1v) is 7.38. The van der Waals surface area contributed by atoms with Gasteiger partial charge in [0.1, 0.15) is 0 Å². The van der Waals surface area contributed by atoms with Crippen LogP contribution in [0, 0.1) is 0 Å². The smallest absolute Gasteiger partial charge is 0.0969 e. The van der Waals surface area contributed by atoms with Gasteiger partial charge in [0.15, 0.2) is 0 Å². The summed E-state index contributed by atoms with van der Waals surface area (Å²) in [4.78, 5) is 0. The Labute approximate surface area is 115 Å². The molecule has 98 valence electrons. The van der Waals surface area contributed by atoms with Crippen LogP contribution in [0.15, 0.2) is 60.7 Å². The molecular formula is C18H22N+. The lowest BCUT2D eigenvalue weighted by atomic mass is 9.81. The summed E-state index contributed by atoms with van der Waals surface area (Å²) in [6, 6.07) is 22.7. The van der Waals surface area contributed by atoms with Crippen LogP contribution in [0.4, 0.5) is 0 Å². The van der Waals surface area contributed by atoms with E-state index in [9.17, 15) is 0 Å². The molecule has 1 nitrogen and oxygen atoms in total. The molecule has 1 atom stereocenters. The van der Waals surface area contributed by atoms with Crippen LogP contribution in [0.2, 0.25) is 0 Å². The molecule has 0 saturated carbocycles. The molecule has 1 fully saturated rings. The Morgan fingerprint density at radius 3 is 1.84 bits per heavy atom. The summed E-state index contributed by atoms with van der Waals surface area (Å²) in [7, 11) is 0. The Hall–Kier alpha value is -1.60. The normalized spacial score (nSPS) is 19.5. The maximum Gasteiger partial charge on any atom is 0.0969 e. The summed E-state index contributed by atoms with van der Waals surface area (Å²) in [5.74, 6) is 0.530. The molecule has 1 aliphatic heterocycles. The van der Waals surface area contributed by atoms with Crippen molar-refractivity contribution in [3.63, 3.8) is 0 Å². The van der Waals surface area contributed by atoms with Gasteiger partial charge in [0.2, 0.25) is 0 Å². The molecule has 19 heavy (non-hydrogen) atoms. The molecule has 0 bridgehead atoms. The van der Waals surface area contributed by atoms with Gasteiger partial charge in [-0.3, -0.25) is 0 Å². The Morgan fingerprint density at radius 1 is 0.789 bits per heavy atom. The summed E-state index contributed by atoms with van der Waals surface area (Å²) < 4.78 is 0. The second-order valence-electron chi connectivity index (χ2n) is 5.48. The molecule has 1 saturated heterocycles. The fourth-order valence-electron chi connectivity index (χ4n) is 3.28. The number of piperidine rings is 1. The minimum Gasteiger partial charge on any atom is -0.343 e. The highest BCUT2D eigenvalue weighted by Gasteiger charge is 2.29. The van der Waals surface area contributed by atoms with Crippen molar-refractivity contribution < 1.29 is 5.32 Å². The third-order valence-electron chi connectivity index (χ3n) is 4.21. The highest BCUT2D eigenvalue weighted by molar-refractivity contribution is 5.33. The molecule has 2 aromatic rings. The Bertz CT molecular complexity index is 446. The summed E-state index contributed by atoms with van der Waals surface area (Å²) in [5, 5.41) is 2.55. The summed E-state index contributed by atoms with van der Waals surface area (Å²) in [6.45, 7) is 1.28. The second kappa shape index (κ2) is 6.03. The minimum atomic E-state index is 0.530. The quantitative estimate of drug-likeness (QED) is 0.865. The lowest BCUT2D eigenvalue weighted by molar-refractivity contribution is -0.699. The summed E-state index contributed by atoms with van der Waals surface area (Å²) in [5.41, 5.74) is 2.91. The number of hydrogen-bond donors (Lipinski definition) is 1. The lowest BCUT2D eigenvalue weighted by Gasteiger charge is -2.29. The van der Waals surface area contributed by atoms with Crippen LogP contribution in [0.1, 0.15) is 36.3 Å². The van der Waals surface area contributed by atoms with Gasteiger partial charge in [0, 0.05) is 6.42 Å². The third kappa shape index (κ3) is 2.87. The van der Waals surface area contributed by atoms with Crippen molar-refractivity contribution in [2.45, 2.75) is 31.2 Å². The molecule has 2 aromatic carbocycles. The number of quaternary nitrogens is 1. The highest BCUT2D eigenvalue weighted by Crippen LogP contribution is 2.29. The van der Waals surface area contributed by atoms with Crippen molar-refractivity contribution in [2.24, 2.45) is 0 Å². The summed E-state index contributed by atoms with van der Waals surface area (Å²) >= 11 is 0. The Kier molecular flexibility index (Phi) is 3.95. The van der Waals surface area contributed by atoms with Crippen molar-refractivity contribution in [3.8, 4) is 0 Å². The van der Waals surface area contributed by atoms with Crippen LogP contribution >= 0.6 is 0 Å². The number of rotatable bonds is 3. The predicted octanol–water partition coefficient (Wildman–Crippen LogP) is 2.93. The average molecular weight is 252 g/mol. The van der Waals surface area contributed by atoms with Crippen molar-refractivity contribution in [2.75, 3.05) is 6.54 Å². The third-order valence-corrected chi connectivity index (χ3v) is 4.21. The van der Waals surface area contributed by atoms with Crippen molar-refractivity contribution in [1.82, 2.24) is 0 Å². The zero-order valence-electron chi connectivity index (χ0n) is 11.3. The largest absolute Gasteiger partial charge is 0.343 e. The van der Waals surface area contributed by atoms with E-state index in [2.05, 4.69) is 66.0 Å². The molecule has 0 aromatic heterocycles. The van der Waals surface area contributed by atoms with Gasteiger partial charge in [0.05, 0.1) is 18.5 Å². The summed E-state index contributed by atoms with van der Waals surface area (Å²) in [6.07, 6.45) is 4.07. The predicted molar refractivity (Wildman–Crippen MR) is 79.2 cm³/mol. The number of hydrogen-bond acceptors (Lipinski definition) is 0. The first kappa shape index (κ1) is 12.4. The van der Waals surface area contributed by atoms with Gasteiger partial charge in [0.25, 0.3) is 0 Å². The monoisotopic (exact) mass is 252 g/mol. The van der Waals surface area contributed by atoms with Gasteiger partial charge in [-0.25, -0.2) is 0 Å². The van der Waals surface area contributed by atoms with E-state index in [-0.39, 0.29) is 0 Å². The van der Waals surface area contributed by atoms with Gasteiger partial charge in [-0.15, -0.1) is 0 Å². The minimum absolute atomic E-state index is 0.530. The van der Waals surface area contributed by atoms with E-state index in [0.29, 0.717) is 12.0 Å². The molecule has 0 radical (unpaired) electrons. The standard InChI is InChI=1S/C18H21N/c1-3-9-15(10-4-1)18(16-11-5-2-6-12-16)17-13-7-8-14-19-17/h1-6,9-12,17-19H,7-8,13-14H2/p+1/t17-/m1/s1. The van der Waals surface area contributed by atoms with Gasteiger partial charge in [-0.2, -0.15) is 0 Å². The molecule has 0 aliphatic carbocycles. The van der Waals surface area contributed by atoms with Crippen molar-refractivity contribution in [3.05, 3.63) is 71.8 Å². The second-order valence-corrected chi connectivity index (χ2v) is 5.48. The van der Waals surface area contributed by atoms with Crippen molar-refractivity contribution in [1.29, 1.82) is 0 Å². The molecule has 0 unspecified atom stereocenters.